The van der Waals surface area contributed by atoms with Crippen LogP contribution in [0.25, 0.3) is 0 Å². The Hall–Kier alpha value is -5.15. The SMILES string of the molecule is NC(=O)Nc1ccccc1C#Cc1cc([N+](=O)[O-])cc(C#Cc2ccccc2NC=O)n1. The van der Waals surface area contributed by atoms with Crippen LogP contribution in [0.4, 0.5) is 21.9 Å². The summed E-state index contributed by atoms with van der Waals surface area (Å²) >= 11 is 0. The van der Waals surface area contributed by atoms with E-state index in [1.54, 1.807) is 48.5 Å². The first-order valence-corrected chi connectivity index (χ1v) is 9.11. The monoisotopic (exact) mass is 425 g/mol. The first-order valence-electron chi connectivity index (χ1n) is 9.11. The summed E-state index contributed by atoms with van der Waals surface area (Å²) in [5.74, 6) is 11.2. The van der Waals surface area contributed by atoms with Crippen molar-refractivity contribution in [2.75, 3.05) is 10.6 Å². The molecule has 0 aliphatic carbocycles. The maximum atomic E-state index is 11.3. The molecule has 1 heterocycles. The Morgan fingerprint density at radius 1 is 0.938 bits per heavy atom. The van der Waals surface area contributed by atoms with E-state index in [-0.39, 0.29) is 17.1 Å². The number of anilines is 2. The Balaban J connectivity index is 2.00. The topological polar surface area (TPSA) is 140 Å². The van der Waals surface area contributed by atoms with Crippen molar-refractivity contribution < 1.29 is 14.5 Å². The van der Waals surface area contributed by atoms with Gasteiger partial charge in [0.15, 0.2) is 0 Å². The third-order valence-corrected chi connectivity index (χ3v) is 4.00. The molecule has 0 fully saturated rings. The van der Waals surface area contributed by atoms with Crippen molar-refractivity contribution in [2.45, 2.75) is 0 Å². The van der Waals surface area contributed by atoms with Gasteiger partial charge < -0.3 is 16.4 Å². The number of nitrogens with two attached hydrogens (primary N) is 1. The number of rotatable bonds is 4. The average molecular weight is 425 g/mol. The van der Waals surface area contributed by atoms with E-state index in [9.17, 15) is 19.7 Å². The first kappa shape index (κ1) is 21.6. The van der Waals surface area contributed by atoms with Crippen LogP contribution in [0, 0.1) is 33.8 Å². The summed E-state index contributed by atoms with van der Waals surface area (Å²) in [5, 5.41) is 16.3. The lowest BCUT2D eigenvalue weighted by Crippen LogP contribution is -2.19. The van der Waals surface area contributed by atoms with Crippen LogP contribution in [0.5, 0.6) is 0 Å². The van der Waals surface area contributed by atoms with Crippen LogP contribution in [0.1, 0.15) is 22.5 Å². The van der Waals surface area contributed by atoms with Crippen LogP contribution < -0.4 is 16.4 Å². The minimum Gasteiger partial charge on any atom is -0.351 e. The number of amides is 3. The van der Waals surface area contributed by atoms with Crippen LogP contribution in [0.3, 0.4) is 0 Å². The summed E-state index contributed by atoms with van der Waals surface area (Å²) in [7, 11) is 0. The van der Waals surface area contributed by atoms with E-state index in [0.717, 1.165) is 0 Å². The highest BCUT2D eigenvalue weighted by Crippen LogP contribution is 2.17. The number of hydrogen-bond acceptors (Lipinski definition) is 5. The van der Waals surface area contributed by atoms with E-state index < -0.39 is 11.0 Å². The third kappa shape index (κ3) is 5.69. The van der Waals surface area contributed by atoms with Crippen LogP contribution in [-0.4, -0.2) is 22.3 Å². The third-order valence-electron chi connectivity index (χ3n) is 4.00. The fourth-order valence-electron chi connectivity index (χ4n) is 2.63. The fourth-order valence-corrected chi connectivity index (χ4v) is 2.63. The number of carbonyl (C=O) groups excluding carboxylic acids is 2. The second kappa shape index (κ2) is 10.1. The van der Waals surface area contributed by atoms with Gasteiger partial charge in [-0.05, 0) is 36.1 Å². The number of carbonyl (C=O) groups is 2. The predicted octanol–water partition coefficient (Wildman–Crippen LogP) is 2.85. The molecule has 0 unspecified atom stereocenters. The van der Waals surface area contributed by atoms with Crippen LogP contribution in [0.15, 0.2) is 60.7 Å². The Morgan fingerprint density at radius 2 is 1.47 bits per heavy atom. The molecular weight excluding hydrogens is 410 g/mol. The minimum absolute atomic E-state index is 0.122. The molecule has 3 rings (SSSR count). The molecule has 2 aromatic carbocycles. The number of aromatic nitrogens is 1. The Morgan fingerprint density at radius 3 is 2.00 bits per heavy atom. The van der Waals surface area contributed by atoms with Crippen molar-refractivity contribution in [1.82, 2.24) is 4.98 Å². The van der Waals surface area contributed by atoms with Crippen LogP contribution >= 0.6 is 0 Å². The molecule has 9 nitrogen and oxygen atoms in total. The molecule has 0 saturated heterocycles. The van der Waals surface area contributed by atoms with Gasteiger partial charge in [-0.25, -0.2) is 9.78 Å². The van der Waals surface area contributed by atoms with Crippen molar-refractivity contribution in [3.05, 3.63) is 93.3 Å². The number of nitro groups is 1. The zero-order valence-corrected chi connectivity index (χ0v) is 16.5. The van der Waals surface area contributed by atoms with Gasteiger partial charge in [-0.3, -0.25) is 14.9 Å². The maximum absolute atomic E-state index is 11.3. The lowest BCUT2D eigenvalue weighted by molar-refractivity contribution is -0.385. The molecule has 4 N–H and O–H groups in total. The van der Waals surface area contributed by atoms with E-state index in [2.05, 4.69) is 39.3 Å². The molecule has 0 radical (unpaired) electrons. The first-order chi connectivity index (χ1) is 15.5. The quantitative estimate of drug-likeness (QED) is 0.255. The molecule has 1 aromatic heterocycles. The van der Waals surface area contributed by atoms with E-state index in [1.807, 2.05) is 0 Å². The zero-order valence-electron chi connectivity index (χ0n) is 16.5. The summed E-state index contributed by atoms with van der Waals surface area (Å²) in [6.45, 7) is 0. The number of nitrogens with one attached hydrogen (secondary N) is 2. The summed E-state index contributed by atoms with van der Waals surface area (Å²) in [5.41, 5.74) is 7.07. The van der Waals surface area contributed by atoms with Gasteiger partial charge in [-0.15, -0.1) is 0 Å². The summed E-state index contributed by atoms with van der Waals surface area (Å²) in [6, 6.07) is 15.3. The van der Waals surface area contributed by atoms with Crippen molar-refractivity contribution in [3.8, 4) is 23.7 Å². The van der Waals surface area contributed by atoms with Crippen molar-refractivity contribution in [1.29, 1.82) is 0 Å². The number of pyridine rings is 1. The molecule has 3 amide bonds. The molecule has 0 aliphatic heterocycles. The van der Waals surface area contributed by atoms with Crippen LogP contribution in [-0.2, 0) is 4.79 Å². The van der Waals surface area contributed by atoms with E-state index >= 15 is 0 Å². The van der Waals surface area contributed by atoms with Gasteiger partial charge in [-0.2, -0.15) is 0 Å². The molecule has 156 valence electrons. The molecule has 0 saturated carbocycles. The number of para-hydroxylation sites is 2. The number of hydrogen-bond donors (Lipinski definition) is 3. The smallest absolute Gasteiger partial charge is 0.316 e. The van der Waals surface area contributed by atoms with E-state index in [4.69, 9.17) is 5.73 Å². The van der Waals surface area contributed by atoms with Crippen molar-refractivity contribution in [3.63, 3.8) is 0 Å². The zero-order chi connectivity index (χ0) is 22.9. The fraction of sp³-hybridized carbons (Fsp3) is 0. The van der Waals surface area contributed by atoms with Crippen molar-refractivity contribution >= 4 is 29.5 Å². The minimum atomic E-state index is -0.741. The van der Waals surface area contributed by atoms with Gasteiger partial charge in [0.05, 0.1) is 28.4 Å². The molecule has 0 bridgehead atoms. The van der Waals surface area contributed by atoms with E-state index in [0.29, 0.717) is 28.9 Å². The summed E-state index contributed by atoms with van der Waals surface area (Å²) < 4.78 is 0. The normalized spacial score (nSPS) is 9.38. The predicted molar refractivity (Wildman–Crippen MR) is 119 cm³/mol. The summed E-state index contributed by atoms with van der Waals surface area (Å²) in [6.07, 6.45) is 0.532. The molecule has 9 heteroatoms. The largest absolute Gasteiger partial charge is 0.351 e. The second-order valence-electron chi connectivity index (χ2n) is 6.20. The van der Waals surface area contributed by atoms with E-state index in [1.165, 1.54) is 12.1 Å². The van der Waals surface area contributed by atoms with Gasteiger partial charge in [-0.1, -0.05) is 36.1 Å². The van der Waals surface area contributed by atoms with Crippen LogP contribution in [0.2, 0.25) is 0 Å². The van der Waals surface area contributed by atoms with Gasteiger partial charge in [0.2, 0.25) is 6.41 Å². The number of benzene rings is 2. The van der Waals surface area contributed by atoms with Gasteiger partial charge in [0, 0.05) is 11.1 Å². The Bertz CT molecular complexity index is 1330. The molecule has 0 aliphatic rings. The average Bonchev–Trinajstić information content (AvgIpc) is 2.77. The van der Waals surface area contributed by atoms with Gasteiger partial charge >= 0.3 is 6.03 Å². The molecule has 0 spiro atoms. The standard InChI is InChI=1S/C23H15N5O4/c24-23(30)27-22-8-4-2-6-17(22)10-12-19-14-20(28(31)32)13-18(26-19)11-9-16-5-1-3-7-21(16)25-15-29/h1-8,13-15H,(H,25,29)(H3,24,27,30). The highest BCUT2D eigenvalue weighted by Gasteiger charge is 2.10. The Labute approximate surface area is 182 Å². The second-order valence-corrected chi connectivity index (χ2v) is 6.20. The highest BCUT2D eigenvalue weighted by molar-refractivity contribution is 5.89. The summed E-state index contributed by atoms with van der Waals surface area (Å²) in [4.78, 5) is 36.9. The molecule has 0 atom stereocenters. The Kier molecular flexibility index (Phi) is 6.77. The van der Waals surface area contributed by atoms with Gasteiger partial charge in [0.25, 0.3) is 5.69 Å². The molecule has 32 heavy (non-hydrogen) atoms. The molecule has 3 aromatic rings. The number of urea groups is 1. The number of nitrogens with zero attached hydrogens (tertiary/aromatic N) is 2. The molecular formula is C23H15N5O4. The lowest BCUT2D eigenvalue weighted by atomic mass is 10.1. The van der Waals surface area contributed by atoms with Crippen molar-refractivity contribution in [2.24, 2.45) is 5.73 Å². The maximum Gasteiger partial charge on any atom is 0.316 e. The van der Waals surface area contributed by atoms with Gasteiger partial charge in [0.1, 0.15) is 11.4 Å². The lowest BCUT2D eigenvalue weighted by Gasteiger charge is -2.03. The number of primary amides is 1. The highest BCUT2D eigenvalue weighted by atomic mass is 16.6.